The van der Waals surface area contributed by atoms with Crippen LogP contribution in [0.25, 0.3) is 6.08 Å². The number of hydrogen-bond acceptors (Lipinski definition) is 7. The number of aliphatic imine (C=N–C) groups is 1. The van der Waals surface area contributed by atoms with Crippen molar-refractivity contribution < 1.29 is 23.8 Å². The monoisotopic (exact) mass is 516 g/mol. The van der Waals surface area contributed by atoms with Crippen molar-refractivity contribution in [3.63, 3.8) is 0 Å². The highest BCUT2D eigenvalue weighted by atomic mass is 32.2. The molecule has 1 saturated heterocycles. The summed E-state index contributed by atoms with van der Waals surface area (Å²) in [6, 6.07) is 20.5. The van der Waals surface area contributed by atoms with Gasteiger partial charge in [-0.2, -0.15) is 0 Å². The van der Waals surface area contributed by atoms with Crippen LogP contribution in [0.3, 0.4) is 0 Å². The zero-order valence-corrected chi connectivity index (χ0v) is 22.0. The van der Waals surface area contributed by atoms with Crippen molar-refractivity contribution in [2.75, 3.05) is 20.8 Å². The van der Waals surface area contributed by atoms with Crippen molar-refractivity contribution in [3.05, 3.63) is 93.9 Å². The van der Waals surface area contributed by atoms with Gasteiger partial charge in [-0.1, -0.05) is 35.9 Å². The molecule has 1 aliphatic rings. The molecule has 3 aromatic carbocycles. The maximum Gasteiger partial charge on any atom is 0.338 e. The average molecular weight is 517 g/mol. The number of esters is 1. The third kappa shape index (κ3) is 6.40. The van der Waals surface area contributed by atoms with Crippen molar-refractivity contribution in [1.29, 1.82) is 0 Å². The summed E-state index contributed by atoms with van der Waals surface area (Å²) in [6.45, 7) is 4.55. The van der Waals surface area contributed by atoms with E-state index in [0.29, 0.717) is 46.0 Å². The first-order valence-corrected chi connectivity index (χ1v) is 12.6. The predicted octanol–water partition coefficient (Wildman–Crippen LogP) is 5.99. The number of methoxy groups -OCH3 is 1. The minimum atomic E-state index is -0.378. The van der Waals surface area contributed by atoms with Crippen LogP contribution >= 0.6 is 11.8 Å². The Morgan fingerprint density at radius 3 is 2.43 bits per heavy atom. The number of benzene rings is 3. The second-order valence-electron chi connectivity index (χ2n) is 8.32. The van der Waals surface area contributed by atoms with Crippen LogP contribution in [0, 0.1) is 6.92 Å². The summed E-state index contributed by atoms with van der Waals surface area (Å²) in [5.74, 6) is 0.684. The van der Waals surface area contributed by atoms with Gasteiger partial charge < -0.3 is 14.2 Å². The maximum atomic E-state index is 12.9. The third-order valence-electron chi connectivity index (χ3n) is 5.61. The predicted molar refractivity (Wildman–Crippen MR) is 146 cm³/mol. The SMILES string of the molecule is CCOC(=O)c1ccc(N=C2SC(=Cc3ccc(OCc4ccc(C)cc4)c(OC)c3)C(=O)N2C)cc1. The van der Waals surface area contributed by atoms with Gasteiger partial charge in [0.2, 0.25) is 0 Å². The molecule has 0 bridgehead atoms. The van der Waals surface area contributed by atoms with Gasteiger partial charge >= 0.3 is 5.97 Å². The third-order valence-corrected chi connectivity index (χ3v) is 6.67. The van der Waals surface area contributed by atoms with E-state index in [1.165, 1.54) is 22.2 Å². The van der Waals surface area contributed by atoms with Crippen molar-refractivity contribution in [2.24, 2.45) is 4.99 Å². The van der Waals surface area contributed by atoms with Crippen LogP contribution in [0.1, 0.15) is 34.0 Å². The number of carbonyl (C=O) groups is 2. The van der Waals surface area contributed by atoms with Crippen molar-refractivity contribution in [1.82, 2.24) is 4.90 Å². The van der Waals surface area contributed by atoms with E-state index < -0.39 is 0 Å². The lowest BCUT2D eigenvalue weighted by Crippen LogP contribution is -2.23. The lowest BCUT2D eigenvalue weighted by Gasteiger charge is -2.12. The smallest absolute Gasteiger partial charge is 0.338 e. The number of likely N-dealkylation sites (N-methyl/N-ethyl adjacent to an activating group) is 1. The van der Waals surface area contributed by atoms with Gasteiger partial charge in [0.1, 0.15) is 6.61 Å². The summed E-state index contributed by atoms with van der Waals surface area (Å²) in [5.41, 5.74) is 4.16. The van der Waals surface area contributed by atoms with E-state index in [4.69, 9.17) is 14.2 Å². The Balaban J connectivity index is 1.48. The highest BCUT2D eigenvalue weighted by Crippen LogP contribution is 2.35. The molecular formula is C29H28N2O5S. The molecule has 0 saturated carbocycles. The molecule has 1 aliphatic heterocycles. The standard InChI is InChI=1S/C29H28N2O5S/c1-5-35-28(33)22-11-13-23(14-12-22)30-29-31(3)27(32)26(37-29)17-21-10-15-24(25(16-21)34-4)36-18-20-8-6-19(2)7-9-20/h6-17H,5,18H2,1-4H3. The zero-order chi connectivity index (χ0) is 26.4. The molecule has 0 spiro atoms. The molecule has 1 fully saturated rings. The molecule has 4 rings (SSSR count). The summed E-state index contributed by atoms with van der Waals surface area (Å²) in [5, 5.41) is 0.546. The molecule has 0 aliphatic carbocycles. The molecule has 3 aromatic rings. The second-order valence-corrected chi connectivity index (χ2v) is 9.33. The number of ether oxygens (including phenoxy) is 3. The lowest BCUT2D eigenvalue weighted by molar-refractivity contribution is -0.121. The van der Waals surface area contributed by atoms with Gasteiger partial charge in [0.05, 0.1) is 29.9 Å². The Hall–Kier alpha value is -4.04. The van der Waals surface area contributed by atoms with Crippen LogP contribution in [0.5, 0.6) is 11.5 Å². The number of amidine groups is 1. The molecule has 7 nitrogen and oxygen atoms in total. The van der Waals surface area contributed by atoms with Crippen LogP contribution in [0.4, 0.5) is 5.69 Å². The van der Waals surface area contributed by atoms with E-state index in [0.717, 1.165) is 11.1 Å². The summed E-state index contributed by atoms with van der Waals surface area (Å²) in [6.07, 6.45) is 1.81. The lowest BCUT2D eigenvalue weighted by atomic mass is 10.1. The van der Waals surface area contributed by atoms with Crippen LogP contribution in [0.2, 0.25) is 0 Å². The van der Waals surface area contributed by atoms with E-state index in [1.807, 2.05) is 43.3 Å². The Morgan fingerprint density at radius 2 is 1.76 bits per heavy atom. The minimum absolute atomic E-state index is 0.148. The minimum Gasteiger partial charge on any atom is -0.493 e. The molecule has 190 valence electrons. The van der Waals surface area contributed by atoms with Gasteiger partial charge in [-0.15, -0.1) is 0 Å². The molecule has 37 heavy (non-hydrogen) atoms. The molecule has 0 unspecified atom stereocenters. The van der Waals surface area contributed by atoms with Crippen LogP contribution < -0.4 is 9.47 Å². The summed E-state index contributed by atoms with van der Waals surface area (Å²) in [4.78, 5) is 31.4. The van der Waals surface area contributed by atoms with E-state index >= 15 is 0 Å². The van der Waals surface area contributed by atoms with Crippen LogP contribution in [0.15, 0.2) is 76.6 Å². The fourth-order valence-corrected chi connectivity index (χ4v) is 4.53. The summed E-state index contributed by atoms with van der Waals surface area (Å²) < 4.78 is 16.5. The van der Waals surface area contributed by atoms with E-state index in [9.17, 15) is 9.59 Å². The molecule has 0 atom stereocenters. The number of thioether (sulfide) groups is 1. The summed E-state index contributed by atoms with van der Waals surface area (Å²) >= 11 is 1.29. The molecule has 1 amide bonds. The molecule has 0 radical (unpaired) electrons. The number of hydrogen-bond donors (Lipinski definition) is 0. The first-order valence-electron chi connectivity index (χ1n) is 11.8. The Labute approximate surface area is 220 Å². The number of aryl methyl sites for hydroxylation is 1. The second kappa shape index (κ2) is 11.8. The van der Waals surface area contributed by atoms with Gasteiger partial charge in [-0.05, 0) is 79.2 Å². The molecular weight excluding hydrogens is 488 g/mol. The van der Waals surface area contributed by atoms with Crippen molar-refractivity contribution in [2.45, 2.75) is 20.5 Å². The number of carbonyl (C=O) groups excluding carboxylic acids is 2. The quantitative estimate of drug-likeness (QED) is 0.270. The fourth-order valence-electron chi connectivity index (χ4n) is 3.54. The van der Waals surface area contributed by atoms with E-state index in [2.05, 4.69) is 17.1 Å². The van der Waals surface area contributed by atoms with Crippen LogP contribution in [-0.4, -0.2) is 42.7 Å². The molecule has 8 heteroatoms. The van der Waals surface area contributed by atoms with Crippen molar-refractivity contribution >= 4 is 40.6 Å². The van der Waals surface area contributed by atoms with Gasteiger partial charge in [0.25, 0.3) is 5.91 Å². The van der Waals surface area contributed by atoms with Gasteiger partial charge in [0.15, 0.2) is 16.7 Å². The topological polar surface area (TPSA) is 77.4 Å². The van der Waals surface area contributed by atoms with Crippen molar-refractivity contribution in [3.8, 4) is 11.5 Å². The highest BCUT2D eigenvalue weighted by Gasteiger charge is 2.30. The largest absolute Gasteiger partial charge is 0.493 e. The highest BCUT2D eigenvalue weighted by molar-refractivity contribution is 8.18. The number of nitrogens with zero attached hydrogens (tertiary/aromatic N) is 2. The van der Waals surface area contributed by atoms with Gasteiger partial charge in [-0.25, -0.2) is 9.79 Å². The number of rotatable bonds is 8. The molecule has 0 aromatic heterocycles. The zero-order valence-electron chi connectivity index (χ0n) is 21.2. The molecule has 0 N–H and O–H groups in total. The Morgan fingerprint density at radius 1 is 1.03 bits per heavy atom. The van der Waals surface area contributed by atoms with Crippen LogP contribution in [-0.2, 0) is 16.1 Å². The van der Waals surface area contributed by atoms with E-state index in [-0.39, 0.29) is 11.9 Å². The first kappa shape index (κ1) is 26.0. The maximum absolute atomic E-state index is 12.9. The van der Waals surface area contributed by atoms with Gasteiger partial charge in [-0.3, -0.25) is 9.69 Å². The Kier molecular flexibility index (Phi) is 8.30. The fraction of sp³-hybridized carbons (Fsp3) is 0.207. The Bertz CT molecular complexity index is 1350. The number of amides is 1. The normalized spacial score (nSPS) is 15.4. The van der Waals surface area contributed by atoms with E-state index in [1.54, 1.807) is 45.3 Å². The molecule has 1 heterocycles. The average Bonchev–Trinajstić information content (AvgIpc) is 3.16. The first-order chi connectivity index (χ1) is 17.9. The summed E-state index contributed by atoms with van der Waals surface area (Å²) in [7, 11) is 3.27. The van der Waals surface area contributed by atoms with Gasteiger partial charge in [0, 0.05) is 7.05 Å².